The van der Waals surface area contributed by atoms with E-state index in [1.54, 1.807) is 0 Å². The molecule has 0 amide bonds. The minimum Gasteiger partial charge on any atom is -0.251 e. The highest BCUT2D eigenvalue weighted by atomic mass is 79.9. The fraction of sp³-hybridized carbons (Fsp3) is 0.286. The Morgan fingerprint density at radius 2 is 2.00 bits per heavy atom. The molecule has 0 atom stereocenters. The molecule has 0 bridgehead atoms. The van der Waals surface area contributed by atoms with Crippen molar-refractivity contribution in [3.05, 3.63) is 28.0 Å². The lowest BCUT2D eigenvalue weighted by Crippen LogP contribution is -2.11. The van der Waals surface area contributed by atoms with Gasteiger partial charge in [-0.05, 0) is 6.07 Å². The van der Waals surface area contributed by atoms with E-state index in [0.29, 0.717) is 4.47 Å². The Morgan fingerprint density at radius 3 is 2.38 bits per heavy atom. The smallest absolute Gasteiger partial charge is 0.251 e. The molecule has 72 valence electrons. The van der Waals surface area contributed by atoms with Gasteiger partial charge in [-0.2, -0.15) is 13.2 Å². The molecule has 0 aliphatic rings. The molecule has 0 radical (unpaired) electrons. The fourth-order valence-corrected chi connectivity index (χ4v) is 2.23. The molecule has 0 N–H and O–H groups in total. The minimum absolute atomic E-state index is 0.120. The van der Waals surface area contributed by atoms with Crippen molar-refractivity contribution in [2.45, 2.75) is 11.5 Å². The molecular weight excluding hydrogens is 315 g/mol. The molecule has 1 nitrogen and oxygen atoms in total. The zero-order valence-electron chi connectivity index (χ0n) is 6.20. The summed E-state index contributed by atoms with van der Waals surface area (Å²) in [6.45, 7) is 0. The van der Waals surface area contributed by atoms with Crippen molar-refractivity contribution in [2.24, 2.45) is 0 Å². The Kier molecular flexibility index (Phi) is 3.34. The van der Waals surface area contributed by atoms with Crippen LogP contribution in [0.1, 0.15) is 11.3 Å². The van der Waals surface area contributed by atoms with Gasteiger partial charge < -0.3 is 0 Å². The summed E-state index contributed by atoms with van der Waals surface area (Å²) in [4.78, 5) is 3.30. The van der Waals surface area contributed by atoms with Crippen LogP contribution in [0.5, 0.6) is 0 Å². The summed E-state index contributed by atoms with van der Waals surface area (Å²) < 4.78 is 37.3. The van der Waals surface area contributed by atoms with Crippen molar-refractivity contribution >= 4 is 31.9 Å². The van der Waals surface area contributed by atoms with Crippen molar-refractivity contribution < 1.29 is 13.2 Å². The minimum atomic E-state index is -4.40. The van der Waals surface area contributed by atoms with Gasteiger partial charge >= 0.3 is 6.18 Å². The molecule has 1 heterocycles. The summed E-state index contributed by atoms with van der Waals surface area (Å²) in [7, 11) is 0. The lowest BCUT2D eigenvalue weighted by Gasteiger charge is -2.10. The molecular formula is C7H4Br2F3N. The fourth-order valence-electron chi connectivity index (χ4n) is 0.840. The predicted molar refractivity (Wildman–Crippen MR) is 49.6 cm³/mol. The summed E-state index contributed by atoms with van der Waals surface area (Å²) in [5.74, 6) is 0. The van der Waals surface area contributed by atoms with E-state index in [1.165, 1.54) is 6.07 Å². The van der Waals surface area contributed by atoms with E-state index in [2.05, 4.69) is 36.8 Å². The Labute approximate surface area is 89.6 Å². The number of hydrogen-bond acceptors (Lipinski definition) is 1. The third kappa shape index (κ3) is 2.43. The molecule has 1 rings (SSSR count). The first-order valence-corrected chi connectivity index (χ1v) is 5.15. The average molecular weight is 319 g/mol. The van der Waals surface area contributed by atoms with E-state index < -0.39 is 11.9 Å². The average Bonchev–Trinajstić information content (AvgIpc) is 2.02. The Hall–Kier alpha value is -0.100. The molecule has 0 aliphatic heterocycles. The molecule has 0 aromatic carbocycles. The molecule has 1 aromatic rings. The maximum Gasteiger partial charge on any atom is 0.433 e. The summed E-state index contributed by atoms with van der Waals surface area (Å²) >= 11 is 6.01. The first kappa shape index (κ1) is 11.0. The van der Waals surface area contributed by atoms with Crippen molar-refractivity contribution in [1.82, 2.24) is 4.98 Å². The number of halogens is 5. The van der Waals surface area contributed by atoms with E-state index >= 15 is 0 Å². The highest BCUT2D eigenvalue weighted by Crippen LogP contribution is 2.34. The van der Waals surface area contributed by atoms with Crippen LogP contribution in [0.25, 0.3) is 0 Å². The molecule has 0 saturated heterocycles. The topological polar surface area (TPSA) is 12.9 Å². The van der Waals surface area contributed by atoms with Gasteiger partial charge in [0.15, 0.2) is 0 Å². The zero-order valence-corrected chi connectivity index (χ0v) is 9.37. The second-order valence-corrected chi connectivity index (χ2v) is 3.67. The van der Waals surface area contributed by atoms with E-state index in [-0.39, 0.29) is 10.9 Å². The van der Waals surface area contributed by atoms with Gasteiger partial charge in [-0.15, -0.1) is 0 Å². The molecule has 0 spiro atoms. The first-order valence-electron chi connectivity index (χ1n) is 3.23. The molecule has 6 heteroatoms. The van der Waals surface area contributed by atoms with Crippen molar-refractivity contribution in [3.8, 4) is 0 Å². The molecule has 0 unspecified atom stereocenters. The quantitative estimate of drug-likeness (QED) is 0.719. The summed E-state index contributed by atoms with van der Waals surface area (Å²) in [5.41, 5.74) is -0.728. The van der Waals surface area contributed by atoms with Crippen molar-refractivity contribution in [2.75, 3.05) is 0 Å². The highest BCUT2D eigenvalue weighted by Gasteiger charge is 2.35. The van der Waals surface area contributed by atoms with Gasteiger partial charge in [0.25, 0.3) is 0 Å². The Bertz CT molecular complexity index is 311. The van der Waals surface area contributed by atoms with E-state index in [9.17, 15) is 13.2 Å². The SMILES string of the molecule is FC(F)(F)c1nccc(Br)c1CBr. The lowest BCUT2D eigenvalue weighted by molar-refractivity contribution is -0.141. The Morgan fingerprint density at radius 1 is 1.38 bits per heavy atom. The van der Waals surface area contributed by atoms with Crippen LogP contribution < -0.4 is 0 Å². The van der Waals surface area contributed by atoms with Gasteiger partial charge in [0.05, 0.1) is 0 Å². The van der Waals surface area contributed by atoms with Gasteiger partial charge in [-0.3, -0.25) is 4.98 Å². The predicted octanol–water partition coefficient (Wildman–Crippen LogP) is 3.76. The molecule has 0 saturated carbocycles. The Balaban J connectivity index is 3.29. The summed E-state index contributed by atoms with van der Waals surface area (Å²) in [6, 6.07) is 1.48. The second kappa shape index (κ2) is 3.96. The van der Waals surface area contributed by atoms with Gasteiger partial charge in [0, 0.05) is 21.6 Å². The number of hydrogen-bond donors (Lipinski definition) is 0. The molecule has 1 aromatic heterocycles. The standard InChI is InChI=1S/C7H4Br2F3N/c8-3-4-5(9)1-2-13-6(4)7(10,11)12/h1-2H,3H2. The van der Waals surface area contributed by atoms with Crippen molar-refractivity contribution in [3.63, 3.8) is 0 Å². The molecule has 0 fully saturated rings. The first-order chi connectivity index (χ1) is 5.96. The van der Waals surface area contributed by atoms with Crippen LogP contribution in [-0.2, 0) is 11.5 Å². The summed E-state index contributed by atoms with van der Waals surface area (Å²) in [5, 5.41) is 0.121. The largest absolute Gasteiger partial charge is 0.433 e. The third-order valence-corrected chi connectivity index (χ3v) is 2.70. The lowest BCUT2D eigenvalue weighted by atomic mass is 10.2. The monoisotopic (exact) mass is 317 g/mol. The van der Waals surface area contributed by atoms with Gasteiger partial charge in [0.2, 0.25) is 0 Å². The number of nitrogens with zero attached hydrogens (tertiary/aromatic N) is 1. The number of aromatic nitrogens is 1. The maximum absolute atomic E-state index is 12.3. The molecule has 13 heavy (non-hydrogen) atoms. The second-order valence-electron chi connectivity index (χ2n) is 2.25. The van der Waals surface area contributed by atoms with Crippen LogP contribution >= 0.6 is 31.9 Å². The van der Waals surface area contributed by atoms with Crippen LogP contribution in [0.4, 0.5) is 13.2 Å². The van der Waals surface area contributed by atoms with Crippen LogP contribution in [0.15, 0.2) is 16.7 Å². The van der Waals surface area contributed by atoms with Gasteiger partial charge in [0.1, 0.15) is 5.69 Å². The van der Waals surface area contributed by atoms with Crippen LogP contribution in [0.2, 0.25) is 0 Å². The number of alkyl halides is 4. The van der Waals surface area contributed by atoms with E-state index in [4.69, 9.17) is 0 Å². The van der Waals surface area contributed by atoms with Crippen LogP contribution in [0.3, 0.4) is 0 Å². The number of rotatable bonds is 1. The number of pyridine rings is 1. The van der Waals surface area contributed by atoms with Crippen LogP contribution in [-0.4, -0.2) is 4.98 Å². The normalized spacial score (nSPS) is 11.8. The highest BCUT2D eigenvalue weighted by molar-refractivity contribution is 9.10. The van der Waals surface area contributed by atoms with Crippen LogP contribution in [0, 0.1) is 0 Å². The maximum atomic E-state index is 12.3. The van der Waals surface area contributed by atoms with Crippen molar-refractivity contribution in [1.29, 1.82) is 0 Å². The molecule has 0 aliphatic carbocycles. The summed E-state index contributed by atoms with van der Waals surface area (Å²) in [6.07, 6.45) is -3.27. The van der Waals surface area contributed by atoms with Gasteiger partial charge in [-0.1, -0.05) is 31.9 Å². The third-order valence-electron chi connectivity index (χ3n) is 1.40. The van der Waals surface area contributed by atoms with E-state index in [1.807, 2.05) is 0 Å². The van der Waals surface area contributed by atoms with Gasteiger partial charge in [-0.25, -0.2) is 0 Å². The zero-order chi connectivity index (χ0) is 10.1. The van der Waals surface area contributed by atoms with E-state index in [0.717, 1.165) is 6.20 Å².